The molecule has 0 radical (unpaired) electrons. The van der Waals surface area contributed by atoms with Gasteiger partial charge in [-0.15, -0.1) is 0 Å². The lowest BCUT2D eigenvalue weighted by molar-refractivity contribution is 1.58. The molecule has 0 spiro atoms. The topological polar surface area (TPSA) is 23.9 Å². The van der Waals surface area contributed by atoms with Crippen molar-refractivity contribution in [1.29, 1.82) is 5.41 Å². The average Bonchev–Trinajstić information content (AvgIpc) is 2.04. The van der Waals surface area contributed by atoms with Gasteiger partial charge in [0.05, 0.1) is 0 Å². The van der Waals surface area contributed by atoms with E-state index >= 15 is 0 Å². The van der Waals surface area contributed by atoms with Crippen molar-refractivity contribution in [2.45, 2.75) is 0 Å². The Kier molecular flexibility index (Phi) is 2.87. The zero-order valence-corrected chi connectivity index (χ0v) is 6.68. The Morgan fingerprint density at radius 1 is 1.18 bits per heavy atom. The van der Waals surface area contributed by atoms with Crippen LogP contribution in [0.1, 0.15) is 5.56 Å². The summed E-state index contributed by atoms with van der Waals surface area (Å²) in [5, 5.41) is 7.49. The highest BCUT2D eigenvalue weighted by Gasteiger charge is 1.85. The van der Waals surface area contributed by atoms with Crippen LogP contribution in [0.15, 0.2) is 30.3 Å². The third kappa shape index (κ3) is 2.56. The molecule has 0 fully saturated rings. The Hall–Kier alpha value is -1.08. The van der Waals surface area contributed by atoms with Gasteiger partial charge in [0.25, 0.3) is 0 Å². The van der Waals surface area contributed by atoms with Crippen LogP contribution in [0.2, 0.25) is 5.02 Å². The summed E-state index contributed by atoms with van der Waals surface area (Å²) in [7, 11) is 0. The summed E-state index contributed by atoms with van der Waals surface area (Å²) in [6.45, 7) is 0. The van der Waals surface area contributed by atoms with Crippen LogP contribution < -0.4 is 0 Å². The van der Waals surface area contributed by atoms with Crippen molar-refractivity contribution in [3.8, 4) is 0 Å². The van der Waals surface area contributed by atoms with Gasteiger partial charge in [-0.05, 0) is 23.8 Å². The minimum absolute atomic E-state index is 0.733. The monoisotopic (exact) mass is 165 g/mol. The maximum atomic E-state index is 6.76. The number of nitrogens with one attached hydrogen (secondary N) is 1. The number of allylic oxidation sites excluding steroid dienone is 1. The SMILES string of the molecule is N=C/C=C/c1ccc(Cl)cc1. The standard InChI is InChI=1S/C9H8ClN/c10-9-5-3-8(4-6-9)2-1-7-11/h1-7,11H/b2-1+,11-7?. The van der Waals surface area contributed by atoms with Crippen LogP contribution >= 0.6 is 11.6 Å². The largest absolute Gasteiger partial charge is 0.309 e. The molecular formula is C9H8ClN. The number of halogens is 1. The van der Waals surface area contributed by atoms with E-state index in [9.17, 15) is 0 Å². The van der Waals surface area contributed by atoms with Gasteiger partial charge in [-0.2, -0.15) is 0 Å². The van der Waals surface area contributed by atoms with Gasteiger partial charge in [0, 0.05) is 11.2 Å². The Morgan fingerprint density at radius 2 is 1.82 bits per heavy atom. The zero-order chi connectivity index (χ0) is 8.10. The molecular weight excluding hydrogens is 158 g/mol. The normalized spacial score (nSPS) is 10.3. The molecule has 11 heavy (non-hydrogen) atoms. The molecule has 0 aliphatic rings. The summed E-state index contributed by atoms with van der Waals surface area (Å²) >= 11 is 5.68. The molecule has 0 aliphatic heterocycles. The molecule has 0 amide bonds. The third-order valence-corrected chi connectivity index (χ3v) is 1.51. The fraction of sp³-hybridized carbons (Fsp3) is 0. The van der Waals surface area contributed by atoms with E-state index in [0.29, 0.717) is 0 Å². The molecule has 1 N–H and O–H groups in total. The lowest BCUT2D eigenvalue weighted by Gasteiger charge is -1.90. The van der Waals surface area contributed by atoms with Crippen LogP contribution in [-0.2, 0) is 0 Å². The van der Waals surface area contributed by atoms with Gasteiger partial charge >= 0.3 is 0 Å². The maximum Gasteiger partial charge on any atom is 0.0406 e. The first kappa shape index (κ1) is 8.02. The van der Waals surface area contributed by atoms with E-state index in [0.717, 1.165) is 10.6 Å². The van der Waals surface area contributed by atoms with Gasteiger partial charge in [-0.25, -0.2) is 0 Å². The molecule has 0 saturated heterocycles. The van der Waals surface area contributed by atoms with E-state index in [1.54, 1.807) is 6.08 Å². The summed E-state index contributed by atoms with van der Waals surface area (Å²) in [5.74, 6) is 0. The van der Waals surface area contributed by atoms with Crippen molar-refractivity contribution < 1.29 is 0 Å². The fourth-order valence-corrected chi connectivity index (χ4v) is 0.859. The first-order valence-electron chi connectivity index (χ1n) is 3.25. The van der Waals surface area contributed by atoms with Crippen molar-refractivity contribution >= 4 is 23.9 Å². The minimum atomic E-state index is 0.733. The molecule has 0 atom stereocenters. The van der Waals surface area contributed by atoms with Crippen LogP contribution in [0, 0.1) is 5.41 Å². The van der Waals surface area contributed by atoms with Gasteiger partial charge in [0.15, 0.2) is 0 Å². The highest BCUT2D eigenvalue weighted by Crippen LogP contribution is 2.09. The van der Waals surface area contributed by atoms with Gasteiger partial charge in [-0.3, -0.25) is 0 Å². The van der Waals surface area contributed by atoms with E-state index in [1.807, 2.05) is 30.3 Å². The van der Waals surface area contributed by atoms with Gasteiger partial charge in [0.1, 0.15) is 0 Å². The van der Waals surface area contributed by atoms with Crippen LogP contribution in [0.5, 0.6) is 0 Å². The van der Waals surface area contributed by atoms with Crippen LogP contribution in [0.25, 0.3) is 6.08 Å². The Labute approximate surface area is 70.8 Å². The first-order valence-corrected chi connectivity index (χ1v) is 3.63. The van der Waals surface area contributed by atoms with Crippen molar-refractivity contribution in [3.05, 3.63) is 40.9 Å². The predicted molar refractivity (Wildman–Crippen MR) is 49.3 cm³/mol. The number of hydrogen-bond donors (Lipinski definition) is 1. The summed E-state index contributed by atoms with van der Waals surface area (Å²) in [6, 6.07) is 7.46. The van der Waals surface area contributed by atoms with Gasteiger partial charge in [0.2, 0.25) is 0 Å². The molecule has 1 aromatic rings. The molecule has 1 rings (SSSR count). The molecule has 0 heterocycles. The van der Waals surface area contributed by atoms with Crippen LogP contribution in [0.4, 0.5) is 0 Å². The van der Waals surface area contributed by atoms with Crippen LogP contribution in [-0.4, -0.2) is 6.21 Å². The second kappa shape index (κ2) is 3.94. The van der Waals surface area contributed by atoms with E-state index in [4.69, 9.17) is 17.0 Å². The van der Waals surface area contributed by atoms with Crippen molar-refractivity contribution in [2.24, 2.45) is 0 Å². The number of benzene rings is 1. The second-order valence-electron chi connectivity index (χ2n) is 2.08. The number of rotatable bonds is 2. The second-order valence-corrected chi connectivity index (χ2v) is 2.51. The van der Waals surface area contributed by atoms with Gasteiger partial charge in [-0.1, -0.05) is 29.8 Å². The maximum absolute atomic E-state index is 6.76. The van der Waals surface area contributed by atoms with E-state index < -0.39 is 0 Å². The summed E-state index contributed by atoms with van der Waals surface area (Å²) in [5.41, 5.74) is 1.05. The lowest BCUT2D eigenvalue weighted by atomic mass is 10.2. The molecule has 1 aromatic carbocycles. The Morgan fingerprint density at radius 3 is 2.36 bits per heavy atom. The molecule has 0 bridgehead atoms. The highest BCUT2D eigenvalue weighted by atomic mass is 35.5. The lowest BCUT2D eigenvalue weighted by Crippen LogP contribution is -1.69. The van der Waals surface area contributed by atoms with Gasteiger partial charge < -0.3 is 5.41 Å². The Balaban J connectivity index is 2.81. The van der Waals surface area contributed by atoms with Crippen molar-refractivity contribution in [1.82, 2.24) is 0 Å². The van der Waals surface area contributed by atoms with E-state index in [1.165, 1.54) is 6.21 Å². The van der Waals surface area contributed by atoms with Crippen molar-refractivity contribution in [2.75, 3.05) is 0 Å². The predicted octanol–water partition coefficient (Wildman–Crippen LogP) is 3.00. The third-order valence-electron chi connectivity index (χ3n) is 1.25. The molecule has 0 aliphatic carbocycles. The van der Waals surface area contributed by atoms with E-state index in [2.05, 4.69) is 0 Å². The summed E-state index contributed by atoms with van der Waals surface area (Å²) in [4.78, 5) is 0. The minimum Gasteiger partial charge on any atom is -0.309 e. The van der Waals surface area contributed by atoms with Crippen LogP contribution in [0.3, 0.4) is 0 Å². The first-order chi connectivity index (χ1) is 5.33. The molecule has 56 valence electrons. The number of hydrogen-bond acceptors (Lipinski definition) is 1. The molecule has 0 unspecified atom stereocenters. The van der Waals surface area contributed by atoms with Crippen molar-refractivity contribution in [3.63, 3.8) is 0 Å². The fourth-order valence-electron chi connectivity index (χ4n) is 0.733. The zero-order valence-electron chi connectivity index (χ0n) is 5.92. The van der Waals surface area contributed by atoms with E-state index in [-0.39, 0.29) is 0 Å². The molecule has 1 nitrogen and oxygen atoms in total. The summed E-state index contributed by atoms with van der Waals surface area (Å²) in [6.07, 6.45) is 4.77. The molecule has 0 saturated carbocycles. The molecule has 2 heteroatoms. The molecule has 0 aromatic heterocycles. The highest BCUT2D eigenvalue weighted by molar-refractivity contribution is 6.30. The Bertz CT molecular complexity index is 261. The average molecular weight is 166 g/mol. The summed E-state index contributed by atoms with van der Waals surface area (Å²) < 4.78 is 0. The quantitative estimate of drug-likeness (QED) is 0.652. The smallest absolute Gasteiger partial charge is 0.0406 e.